The van der Waals surface area contributed by atoms with E-state index in [1.165, 1.54) is 22.3 Å². The van der Waals surface area contributed by atoms with Crippen molar-refractivity contribution in [3.63, 3.8) is 0 Å². The molecule has 1 atom stereocenters. The highest BCUT2D eigenvalue weighted by Crippen LogP contribution is 2.24. The van der Waals surface area contributed by atoms with Crippen LogP contribution in [0.4, 0.5) is 0 Å². The summed E-state index contributed by atoms with van der Waals surface area (Å²) in [6.45, 7) is 1.48. The van der Waals surface area contributed by atoms with Gasteiger partial charge in [-0.25, -0.2) is 0 Å². The lowest BCUT2D eigenvalue weighted by Gasteiger charge is -2.31. The number of aliphatic hydroxyl groups excluding tert-OH is 1. The number of hydrogen-bond donors (Lipinski definition) is 1. The Kier molecular flexibility index (Phi) is 3.75. The summed E-state index contributed by atoms with van der Waals surface area (Å²) >= 11 is 1.39. The zero-order valence-electron chi connectivity index (χ0n) is 10.8. The number of rotatable bonds is 3. The Bertz CT molecular complexity index is 582. The molecule has 0 aliphatic carbocycles. The van der Waals surface area contributed by atoms with Gasteiger partial charge in [0.25, 0.3) is 5.91 Å². The van der Waals surface area contributed by atoms with Gasteiger partial charge in [0, 0.05) is 19.7 Å². The molecule has 0 saturated carbocycles. The first kappa shape index (κ1) is 13.2. The molecule has 0 bridgehead atoms. The van der Waals surface area contributed by atoms with Crippen LogP contribution in [-0.2, 0) is 0 Å². The van der Waals surface area contributed by atoms with Gasteiger partial charge in [0.15, 0.2) is 0 Å². The molecule has 3 heterocycles. The lowest BCUT2D eigenvalue weighted by molar-refractivity contribution is 0.0625. The highest BCUT2D eigenvalue weighted by atomic mass is 32.1. The second kappa shape index (κ2) is 5.68. The molecule has 0 spiro atoms. The van der Waals surface area contributed by atoms with Gasteiger partial charge < -0.3 is 10.0 Å². The number of amides is 1. The molecule has 0 radical (unpaired) electrons. The first-order valence-electron chi connectivity index (χ1n) is 6.50. The fourth-order valence-electron chi connectivity index (χ4n) is 2.46. The van der Waals surface area contributed by atoms with Gasteiger partial charge in [-0.05, 0) is 40.6 Å². The highest BCUT2D eigenvalue weighted by molar-refractivity contribution is 7.12. The predicted octanol–water partition coefficient (Wildman–Crippen LogP) is 0.568. The summed E-state index contributed by atoms with van der Waals surface area (Å²) in [6, 6.07) is 1.84. The van der Waals surface area contributed by atoms with E-state index in [2.05, 4.69) is 15.5 Å². The monoisotopic (exact) mass is 293 g/mol. The molecule has 1 fully saturated rings. The Morgan fingerprint density at radius 2 is 2.45 bits per heavy atom. The summed E-state index contributed by atoms with van der Waals surface area (Å²) in [6.07, 6.45) is 3.39. The van der Waals surface area contributed by atoms with Crippen molar-refractivity contribution >= 4 is 17.2 Å². The SMILES string of the molecule is O=C(c1sccc1-n1cnnn1)N1CCCC(CO)C1. The zero-order chi connectivity index (χ0) is 13.9. The molecular weight excluding hydrogens is 278 g/mol. The largest absolute Gasteiger partial charge is 0.396 e. The fraction of sp³-hybridized carbons (Fsp3) is 0.500. The number of carbonyl (C=O) groups excluding carboxylic acids is 1. The van der Waals surface area contributed by atoms with Crippen LogP contribution >= 0.6 is 11.3 Å². The molecule has 1 aliphatic heterocycles. The third-order valence-corrected chi connectivity index (χ3v) is 4.39. The summed E-state index contributed by atoms with van der Waals surface area (Å²) in [5.41, 5.74) is 0.705. The molecule has 0 aromatic carbocycles. The van der Waals surface area contributed by atoms with Gasteiger partial charge in [0.05, 0.1) is 5.69 Å². The highest BCUT2D eigenvalue weighted by Gasteiger charge is 2.26. The van der Waals surface area contributed by atoms with Crippen molar-refractivity contribution in [3.8, 4) is 5.69 Å². The Morgan fingerprint density at radius 1 is 1.55 bits per heavy atom. The van der Waals surface area contributed by atoms with Crippen LogP contribution in [0.5, 0.6) is 0 Å². The van der Waals surface area contributed by atoms with Crippen molar-refractivity contribution in [2.45, 2.75) is 12.8 Å². The number of likely N-dealkylation sites (tertiary alicyclic amines) is 1. The Balaban J connectivity index is 1.83. The fourth-order valence-corrected chi connectivity index (χ4v) is 3.30. The van der Waals surface area contributed by atoms with Crippen LogP contribution in [0, 0.1) is 5.92 Å². The normalized spacial score (nSPS) is 19.2. The van der Waals surface area contributed by atoms with Crippen molar-refractivity contribution in [2.75, 3.05) is 19.7 Å². The average Bonchev–Trinajstić information content (AvgIpc) is 3.16. The van der Waals surface area contributed by atoms with Crippen molar-refractivity contribution in [2.24, 2.45) is 5.92 Å². The summed E-state index contributed by atoms with van der Waals surface area (Å²) in [5.74, 6) is 0.174. The second-order valence-corrected chi connectivity index (χ2v) is 5.75. The van der Waals surface area contributed by atoms with E-state index in [4.69, 9.17) is 0 Å². The van der Waals surface area contributed by atoms with E-state index < -0.39 is 0 Å². The molecule has 106 valence electrons. The van der Waals surface area contributed by atoms with Crippen molar-refractivity contribution in [3.05, 3.63) is 22.7 Å². The van der Waals surface area contributed by atoms with Crippen LogP contribution in [0.1, 0.15) is 22.5 Å². The van der Waals surface area contributed by atoms with E-state index in [9.17, 15) is 9.90 Å². The second-order valence-electron chi connectivity index (χ2n) is 4.83. The number of carbonyl (C=O) groups is 1. The number of thiophene rings is 1. The maximum absolute atomic E-state index is 12.6. The zero-order valence-corrected chi connectivity index (χ0v) is 11.7. The van der Waals surface area contributed by atoms with Gasteiger partial charge in [0.2, 0.25) is 0 Å². The standard InChI is InChI=1S/C12H15N5O2S/c18-7-9-2-1-4-16(6-9)12(19)11-10(3-5-20-11)17-8-13-14-15-17/h3,5,8-9,18H,1-2,4,6-7H2. The smallest absolute Gasteiger partial charge is 0.266 e. The van der Waals surface area contributed by atoms with Crippen molar-refractivity contribution in [1.29, 1.82) is 0 Å². The lowest BCUT2D eigenvalue weighted by atomic mass is 9.99. The topological polar surface area (TPSA) is 84.1 Å². The van der Waals surface area contributed by atoms with Crippen LogP contribution < -0.4 is 0 Å². The minimum absolute atomic E-state index is 0.0105. The molecule has 2 aromatic heterocycles. The molecule has 1 amide bonds. The third-order valence-electron chi connectivity index (χ3n) is 3.50. The van der Waals surface area contributed by atoms with Gasteiger partial charge in [-0.2, -0.15) is 4.68 Å². The molecular formula is C12H15N5O2S. The molecule has 1 aliphatic rings. The summed E-state index contributed by atoms with van der Waals surface area (Å²) in [5, 5.41) is 22.1. The summed E-state index contributed by atoms with van der Waals surface area (Å²) in [4.78, 5) is 15.1. The number of aliphatic hydroxyl groups is 1. The summed E-state index contributed by atoms with van der Waals surface area (Å²) in [7, 11) is 0. The number of piperidine rings is 1. The van der Waals surface area contributed by atoms with E-state index in [-0.39, 0.29) is 18.4 Å². The molecule has 1 unspecified atom stereocenters. The van der Waals surface area contributed by atoms with Crippen LogP contribution in [0.15, 0.2) is 17.8 Å². The lowest BCUT2D eigenvalue weighted by Crippen LogP contribution is -2.40. The first-order valence-corrected chi connectivity index (χ1v) is 7.38. The molecule has 8 heteroatoms. The predicted molar refractivity (Wildman–Crippen MR) is 72.7 cm³/mol. The van der Waals surface area contributed by atoms with Crippen LogP contribution in [0.2, 0.25) is 0 Å². The van der Waals surface area contributed by atoms with Gasteiger partial charge in [0.1, 0.15) is 11.2 Å². The van der Waals surface area contributed by atoms with Crippen LogP contribution in [0.3, 0.4) is 0 Å². The number of nitrogens with zero attached hydrogens (tertiary/aromatic N) is 5. The number of aromatic nitrogens is 4. The summed E-state index contributed by atoms with van der Waals surface area (Å²) < 4.78 is 1.50. The Hall–Kier alpha value is -1.80. The van der Waals surface area contributed by atoms with E-state index in [1.807, 2.05) is 16.3 Å². The Morgan fingerprint density at radius 3 is 3.20 bits per heavy atom. The van der Waals surface area contributed by atoms with Crippen LogP contribution in [-0.4, -0.2) is 55.8 Å². The van der Waals surface area contributed by atoms with E-state index in [1.54, 1.807) is 0 Å². The maximum Gasteiger partial charge on any atom is 0.266 e. The quantitative estimate of drug-likeness (QED) is 0.894. The van der Waals surface area contributed by atoms with Crippen LogP contribution in [0.25, 0.3) is 5.69 Å². The van der Waals surface area contributed by atoms with Gasteiger partial charge >= 0.3 is 0 Å². The maximum atomic E-state index is 12.6. The number of tetrazole rings is 1. The van der Waals surface area contributed by atoms with Gasteiger partial charge in [-0.1, -0.05) is 0 Å². The van der Waals surface area contributed by atoms with E-state index in [0.29, 0.717) is 17.1 Å². The first-order chi connectivity index (χ1) is 9.79. The average molecular weight is 293 g/mol. The van der Waals surface area contributed by atoms with E-state index >= 15 is 0 Å². The number of hydrogen-bond acceptors (Lipinski definition) is 6. The van der Waals surface area contributed by atoms with E-state index in [0.717, 1.165) is 19.4 Å². The van der Waals surface area contributed by atoms with Gasteiger partial charge in [-0.15, -0.1) is 16.4 Å². The molecule has 3 rings (SSSR count). The van der Waals surface area contributed by atoms with Crippen molar-refractivity contribution < 1.29 is 9.90 Å². The molecule has 1 N–H and O–H groups in total. The molecule has 1 saturated heterocycles. The molecule has 2 aromatic rings. The van der Waals surface area contributed by atoms with Gasteiger partial charge in [-0.3, -0.25) is 4.79 Å². The Labute approximate surface area is 119 Å². The third kappa shape index (κ3) is 2.44. The minimum Gasteiger partial charge on any atom is -0.396 e. The molecule has 7 nitrogen and oxygen atoms in total. The molecule has 20 heavy (non-hydrogen) atoms. The van der Waals surface area contributed by atoms with Crippen molar-refractivity contribution in [1.82, 2.24) is 25.1 Å². The minimum atomic E-state index is -0.0105.